The minimum atomic E-state index is -0.656. The van der Waals surface area contributed by atoms with E-state index in [4.69, 9.17) is 0 Å². The number of aryl methyl sites for hydroxylation is 2. The maximum absolute atomic E-state index is 14.1. The second kappa shape index (κ2) is 25.2. The van der Waals surface area contributed by atoms with Crippen molar-refractivity contribution >= 4 is 24.0 Å². The predicted molar refractivity (Wildman–Crippen MR) is 199 cm³/mol. The standard InChI is InChI=1S/C28H32F2N4O.C9H21N.C2H6/c1-7-34(8-2)21(5)23-16-15-19(3)26(17-23)27-25(28(31-18-35)33-22(6)32-27)14-10-13-24(30)12-9-11-20(4)29;1-4-7-8-9-10(5-2)6-3;1-2/h9-12,14-18H,4-5,7-8,13H2,1-3,6H3,(H,31,32,33,35);4-9H2,1-3H3;1-2H3/b11-9-,14-10-,24-12+;;. The SMILES string of the molecule is C=C(F)/C=C\C=C(\F)C/C=C\c1c(NC=O)nc(C)nc1-c1cc(C(=C)N(CC)CC)ccc1C.CC.CCCCCN(CC)CC. The molecule has 0 radical (unpaired) electrons. The first-order valence-electron chi connectivity index (χ1n) is 17.0. The van der Waals surface area contributed by atoms with E-state index in [1.54, 1.807) is 19.1 Å². The van der Waals surface area contributed by atoms with E-state index < -0.39 is 11.7 Å². The molecule has 0 atom stereocenters. The molecule has 1 N–H and O–H groups in total. The number of amides is 1. The van der Waals surface area contributed by atoms with Crippen LogP contribution in [0.3, 0.4) is 0 Å². The number of hydrogen-bond donors (Lipinski definition) is 1. The highest BCUT2D eigenvalue weighted by molar-refractivity contribution is 5.85. The van der Waals surface area contributed by atoms with Gasteiger partial charge in [0.2, 0.25) is 6.41 Å². The first-order chi connectivity index (χ1) is 22.6. The van der Waals surface area contributed by atoms with Crippen LogP contribution in [-0.4, -0.2) is 58.9 Å². The monoisotopic (exact) mass is 651 g/mol. The Hall–Kier alpha value is -3.91. The van der Waals surface area contributed by atoms with E-state index in [9.17, 15) is 13.6 Å². The molecule has 0 saturated heterocycles. The van der Waals surface area contributed by atoms with Crippen LogP contribution in [0.4, 0.5) is 14.6 Å². The van der Waals surface area contributed by atoms with Crippen molar-refractivity contribution in [3.05, 3.63) is 89.8 Å². The average Bonchev–Trinajstić information content (AvgIpc) is 3.06. The maximum Gasteiger partial charge on any atom is 0.212 e. The van der Waals surface area contributed by atoms with Gasteiger partial charge < -0.3 is 15.1 Å². The zero-order valence-electron chi connectivity index (χ0n) is 30.4. The predicted octanol–water partition coefficient (Wildman–Crippen LogP) is 10.5. The second-order valence-electron chi connectivity index (χ2n) is 10.6. The van der Waals surface area contributed by atoms with Crippen molar-refractivity contribution in [3.8, 4) is 11.3 Å². The molecule has 0 aliphatic rings. The molecule has 0 saturated carbocycles. The topological polar surface area (TPSA) is 61.4 Å². The van der Waals surface area contributed by atoms with Crippen molar-refractivity contribution in [1.29, 1.82) is 0 Å². The van der Waals surface area contributed by atoms with Gasteiger partial charge >= 0.3 is 0 Å². The molecule has 0 spiro atoms. The summed E-state index contributed by atoms with van der Waals surface area (Å²) in [6.07, 6.45) is 11.4. The highest BCUT2D eigenvalue weighted by atomic mass is 19.1. The van der Waals surface area contributed by atoms with Crippen molar-refractivity contribution in [2.75, 3.05) is 38.0 Å². The van der Waals surface area contributed by atoms with E-state index in [2.05, 4.69) is 72.9 Å². The highest BCUT2D eigenvalue weighted by Gasteiger charge is 2.17. The quantitative estimate of drug-likeness (QED) is 0.0987. The molecule has 0 aliphatic heterocycles. The first-order valence-corrected chi connectivity index (χ1v) is 17.0. The van der Waals surface area contributed by atoms with Gasteiger partial charge in [-0.05, 0) is 83.1 Å². The van der Waals surface area contributed by atoms with Crippen LogP contribution in [-0.2, 0) is 4.79 Å². The minimum absolute atomic E-state index is 0.0330. The van der Waals surface area contributed by atoms with Crippen molar-refractivity contribution in [2.45, 2.75) is 88.0 Å². The van der Waals surface area contributed by atoms with Crippen LogP contribution in [0.2, 0.25) is 0 Å². The number of carbonyl (C=O) groups excluding carboxylic acids is 1. The third kappa shape index (κ3) is 16.0. The van der Waals surface area contributed by atoms with E-state index in [1.807, 2.05) is 39.0 Å². The lowest BCUT2D eigenvalue weighted by Gasteiger charge is -2.24. The van der Waals surface area contributed by atoms with Crippen LogP contribution in [0, 0.1) is 13.8 Å². The van der Waals surface area contributed by atoms with E-state index in [0.29, 0.717) is 29.3 Å². The number of rotatable bonds is 18. The van der Waals surface area contributed by atoms with Gasteiger partial charge in [0.1, 0.15) is 23.3 Å². The molecule has 0 fully saturated rings. The van der Waals surface area contributed by atoms with Crippen LogP contribution >= 0.6 is 0 Å². The van der Waals surface area contributed by atoms with Crippen LogP contribution in [0.1, 0.15) is 96.7 Å². The Bertz CT molecular complexity index is 1320. The first kappa shape index (κ1) is 43.1. The zero-order chi connectivity index (χ0) is 35.8. The second-order valence-corrected chi connectivity index (χ2v) is 10.6. The molecule has 6 nitrogen and oxygen atoms in total. The number of benzene rings is 1. The summed E-state index contributed by atoms with van der Waals surface area (Å²) in [4.78, 5) is 24.9. The molecule has 0 bridgehead atoms. The molecule has 2 aromatic rings. The normalized spacial score (nSPS) is 11.2. The summed E-state index contributed by atoms with van der Waals surface area (Å²) in [5.41, 5.74) is 4.87. The molecule has 0 aliphatic carbocycles. The van der Waals surface area contributed by atoms with Crippen molar-refractivity contribution in [1.82, 2.24) is 19.8 Å². The zero-order valence-corrected chi connectivity index (χ0v) is 30.4. The van der Waals surface area contributed by atoms with Crippen molar-refractivity contribution in [2.24, 2.45) is 0 Å². The molecule has 1 aromatic carbocycles. The Balaban J connectivity index is 0.00000150. The van der Waals surface area contributed by atoms with E-state index in [0.717, 1.165) is 41.6 Å². The Labute approximate surface area is 284 Å². The molecular formula is C39H59F2N5O. The Morgan fingerprint density at radius 1 is 0.957 bits per heavy atom. The number of carbonyl (C=O) groups is 1. The lowest BCUT2D eigenvalue weighted by atomic mass is 9.97. The molecule has 1 amide bonds. The lowest BCUT2D eigenvalue weighted by molar-refractivity contribution is -0.105. The van der Waals surface area contributed by atoms with Crippen LogP contribution < -0.4 is 5.32 Å². The van der Waals surface area contributed by atoms with Gasteiger partial charge in [-0.15, -0.1) is 0 Å². The van der Waals surface area contributed by atoms with E-state index in [1.165, 1.54) is 51.0 Å². The van der Waals surface area contributed by atoms with Gasteiger partial charge in [0.15, 0.2) is 0 Å². The molecule has 2 rings (SSSR count). The number of unbranched alkanes of at least 4 members (excludes halogenated alkanes) is 2. The number of nitrogens with one attached hydrogen (secondary N) is 1. The molecule has 8 heteroatoms. The Morgan fingerprint density at radius 2 is 1.62 bits per heavy atom. The van der Waals surface area contributed by atoms with E-state index in [-0.39, 0.29) is 6.42 Å². The van der Waals surface area contributed by atoms with Gasteiger partial charge in [-0.1, -0.05) is 91.0 Å². The fraction of sp³-hybridized carbons (Fsp3) is 0.462. The molecular weight excluding hydrogens is 592 g/mol. The Kier molecular flexibility index (Phi) is 23.1. The van der Waals surface area contributed by atoms with Gasteiger partial charge in [0, 0.05) is 36.3 Å². The maximum atomic E-state index is 14.1. The van der Waals surface area contributed by atoms with Crippen LogP contribution in [0.25, 0.3) is 23.0 Å². The van der Waals surface area contributed by atoms with Gasteiger partial charge in [0.05, 0.1) is 5.69 Å². The summed E-state index contributed by atoms with van der Waals surface area (Å²) in [6, 6.07) is 6.05. The number of allylic oxidation sites excluding steroid dienone is 6. The molecule has 47 heavy (non-hydrogen) atoms. The van der Waals surface area contributed by atoms with Crippen LogP contribution in [0.15, 0.2) is 67.3 Å². The summed E-state index contributed by atoms with van der Waals surface area (Å²) < 4.78 is 26.8. The fourth-order valence-electron chi connectivity index (χ4n) is 4.69. The van der Waals surface area contributed by atoms with Gasteiger partial charge in [-0.25, -0.2) is 18.7 Å². The average molecular weight is 652 g/mol. The van der Waals surface area contributed by atoms with Gasteiger partial charge in [-0.3, -0.25) is 4.79 Å². The number of anilines is 1. The number of halogens is 2. The largest absolute Gasteiger partial charge is 0.372 e. The third-order valence-corrected chi connectivity index (χ3v) is 7.35. The third-order valence-electron chi connectivity index (χ3n) is 7.35. The molecule has 1 heterocycles. The number of hydrogen-bond acceptors (Lipinski definition) is 5. The fourth-order valence-corrected chi connectivity index (χ4v) is 4.69. The molecule has 0 unspecified atom stereocenters. The summed E-state index contributed by atoms with van der Waals surface area (Å²) >= 11 is 0. The number of aromatic nitrogens is 2. The summed E-state index contributed by atoms with van der Waals surface area (Å²) in [6.45, 7) is 31.3. The van der Waals surface area contributed by atoms with Crippen molar-refractivity contribution in [3.63, 3.8) is 0 Å². The molecule has 260 valence electrons. The van der Waals surface area contributed by atoms with Crippen LogP contribution in [0.5, 0.6) is 0 Å². The Morgan fingerprint density at radius 3 is 2.17 bits per heavy atom. The summed E-state index contributed by atoms with van der Waals surface area (Å²) in [7, 11) is 0. The van der Waals surface area contributed by atoms with Crippen molar-refractivity contribution < 1.29 is 13.6 Å². The summed E-state index contributed by atoms with van der Waals surface area (Å²) in [5, 5.41) is 2.63. The lowest BCUT2D eigenvalue weighted by Crippen LogP contribution is -2.23. The molecule has 1 aromatic heterocycles. The number of nitrogens with zero attached hydrogens (tertiary/aromatic N) is 4. The van der Waals surface area contributed by atoms with Gasteiger partial charge in [0.25, 0.3) is 0 Å². The van der Waals surface area contributed by atoms with E-state index >= 15 is 0 Å². The van der Waals surface area contributed by atoms with Gasteiger partial charge in [-0.2, -0.15) is 0 Å². The minimum Gasteiger partial charge on any atom is -0.372 e. The highest BCUT2D eigenvalue weighted by Crippen LogP contribution is 2.33. The smallest absolute Gasteiger partial charge is 0.212 e. The summed E-state index contributed by atoms with van der Waals surface area (Å²) in [5.74, 6) is -0.315.